The van der Waals surface area contributed by atoms with Crippen LogP contribution in [-0.2, 0) is 6.42 Å². The van der Waals surface area contributed by atoms with E-state index in [0.717, 1.165) is 37.7 Å². The molecule has 0 saturated carbocycles. The van der Waals surface area contributed by atoms with Crippen LogP contribution < -0.4 is 0 Å². The van der Waals surface area contributed by atoms with Crippen molar-refractivity contribution in [2.45, 2.75) is 46.0 Å². The molecule has 86 valence electrons. The average molecular weight is 233 g/mol. The molecule has 0 aliphatic rings. The van der Waals surface area contributed by atoms with Crippen molar-refractivity contribution >= 4 is 11.3 Å². The minimum absolute atomic E-state index is 0.927. The monoisotopic (exact) mass is 233 g/mol. The molecule has 1 rings (SSSR count). The van der Waals surface area contributed by atoms with E-state index in [0.29, 0.717) is 0 Å². The second kappa shape index (κ2) is 7.24. The third-order valence-electron chi connectivity index (χ3n) is 2.61. The topological polar surface area (TPSA) is 23.8 Å². The van der Waals surface area contributed by atoms with Crippen molar-refractivity contribution in [1.29, 1.82) is 5.26 Å². The highest BCUT2D eigenvalue weighted by Gasteiger charge is 2.06. The Labute approximate surface area is 102 Å². The molecule has 2 heteroatoms. The van der Waals surface area contributed by atoms with Gasteiger partial charge in [-0.3, -0.25) is 0 Å². The molecule has 1 aromatic heterocycles. The average Bonchev–Trinajstić information content (AvgIpc) is 2.78. The first-order chi connectivity index (χ1) is 7.81. The third kappa shape index (κ3) is 3.83. The van der Waals surface area contributed by atoms with Gasteiger partial charge < -0.3 is 0 Å². The second-order valence-corrected chi connectivity index (χ2v) is 4.78. The van der Waals surface area contributed by atoms with Crippen LogP contribution in [0, 0.1) is 11.3 Å². The number of hydrogen-bond donors (Lipinski definition) is 0. The molecule has 0 N–H and O–H groups in total. The fraction of sp³-hybridized carbons (Fsp3) is 0.500. The summed E-state index contributed by atoms with van der Waals surface area (Å²) in [5, 5.41) is 13.5. The Hall–Kier alpha value is -1.07. The summed E-state index contributed by atoms with van der Waals surface area (Å²) in [6.45, 7) is 4.31. The van der Waals surface area contributed by atoms with Crippen LogP contribution in [-0.4, -0.2) is 0 Å². The Balaban J connectivity index is 2.84. The van der Waals surface area contributed by atoms with Crippen LogP contribution in [0.5, 0.6) is 0 Å². The molecule has 0 aliphatic heterocycles. The van der Waals surface area contributed by atoms with Crippen molar-refractivity contribution in [3.05, 3.63) is 33.5 Å². The van der Waals surface area contributed by atoms with Gasteiger partial charge in [0.2, 0.25) is 0 Å². The van der Waals surface area contributed by atoms with E-state index < -0.39 is 0 Å². The minimum Gasteiger partial charge on any atom is -0.193 e. The van der Waals surface area contributed by atoms with Gasteiger partial charge >= 0.3 is 0 Å². The Morgan fingerprint density at radius 3 is 2.56 bits per heavy atom. The number of rotatable bonds is 6. The van der Waals surface area contributed by atoms with Crippen molar-refractivity contribution in [3.8, 4) is 6.07 Å². The number of hydrogen-bond acceptors (Lipinski definition) is 2. The SMILES string of the molecule is CCC/C(C#N)=C(\CCC)Cc1ccsc1. The summed E-state index contributed by atoms with van der Waals surface area (Å²) in [4.78, 5) is 0. The molecule has 0 radical (unpaired) electrons. The maximum Gasteiger partial charge on any atom is 0.0946 e. The minimum atomic E-state index is 0.927. The van der Waals surface area contributed by atoms with Gasteiger partial charge in [0, 0.05) is 5.57 Å². The van der Waals surface area contributed by atoms with Gasteiger partial charge in [-0.15, -0.1) is 0 Å². The van der Waals surface area contributed by atoms with Gasteiger partial charge in [-0.05, 0) is 41.7 Å². The van der Waals surface area contributed by atoms with E-state index in [1.54, 1.807) is 11.3 Å². The summed E-state index contributed by atoms with van der Waals surface area (Å²) >= 11 is 1.73. The molecule has 0 spiro atoms. The zero-order chi connectivity index (χ0) is 11.8. The molecule has 0 amide bonds. The summed E-state index contributed by atoms with van der Waals surface area (Å²) in [7, 11) is 0. The molecular formula is C14H19NS. The van der Waals surface area contributed by atoms with Gasteiger partial charge in [0.05, 0.1) is 6.07 Å². The Morgan fingerprint density at radius 2 is 2.06 bits per heavy atom. The molecule has 0 fully saturated rings. The highest BCUT2D eigenvalue weighted by molar-refractivity contribution is 7.07. The van der Waals surface area contributed by atoms with E-state index in [1.807, 2.05) is 0 Å². The maximum atomic E-state index is 9.18. The molecule has 1 aromatic rings. The first kappa shape index (κ1) is 13.0. The van der Waals surface area contributed by atoms with E-state index >= 15 is 0 Å². The van der Waals surface area contributed by atoms with Gasteiger partial charge in [0.25, 0.3) is 0 Å². The highest BCUT2D eigenvalue weighted by atomic mass is 32.1. The van der Waals surface area contributed by atoms with Crippen LogP contribution in [0.3, 0.4) is 0 Å². The van der Waals surface area contributed by atoms with Crippen molar-refractivity contribution in [2.75, 3.05) is 0 Å². The van der Waals surface area contributed by atoms with Crippen LogP contribution in [0.15, 0.2) is 28.0 Å². The predicted molar refractivity (Wildman–Crippen MR) is 70.5 cm³/mol. The molecule has 0 saturated heterocycles. The van der Waals surface area contributed by atoms with E-state index in [2.05, 4.69) is 36.7 Å². The van der Waals surface area contributed by atoms with E-state index in [4.69, 9.17) is 0 Å². The number of allylic oxidation sites excluding steroid dienone is 2. The molecule has 16 heavy (non-hydrogen) atoms. The van der Waals surface area contributed by atoms with Crippen LogP contribution in [0.1, 0.15) is 45.1 Å². The first-order valence-corrected chi connectivity index (χ1v) is 6.88. The first-order valence-electron chi connectivity index (χ1n) is 5.93. The second-order valence-electron chi connectivity index (χ2n) is 4.00. The van der Waals surface area contributed by atoms with Gasteiger partial charge in [-0.1, -0.05) is 32.3 Å². The maximum absolute atomic E-state index is 9.18. The predicted octanol–water partition coefficient (Wildman–Crippen LogP) is 4.71. The normalized spacial score (nSPS) is 12.1. The number of nitrogens with zero attached hydrogens (tertiary/aromatic N) is 1. The summed E-state index contributed by atoms with van der Waals surface area (Å²) in [5.41, 5.74) is 3.69. The van der Waals surface area contributed by atoms with E-state index in [9.17, 15) is 5.26 Å². The van der Waals surface area contributed by atoms with Crippen molar-refractivity contribution in [2.24, 2.45) is 0 Å². The zero-order valence-electron chi connectivity index (χ0n) is 10.1. The Bertz CT molecular complexity index is 368. The van der Waals surface area contributed by atoms with Crippen molar-refractivity contribution in [1.82, 2.24) is 0 Å². The summed E-state index contributed by atoms with van der Waals surface area (Å²) < 4.78 is 0. The van der Waals surface area contributed by atoms with Crippen LogP contribution >= 0.6 is 11.3 Å². The summed E-state index contributed by atoms with van der Waals surface area (Å²) in [5.74, 6) is 0. The highest BCUT2D eigenvalue weighted by Crippen LogP contribution is 2.21. The lowest BCUT2D eigenvalue weighted by atomic mass is 9.96. The fourth-order valence-electron chi connectivity index (χ4n) is 1.85. The van der Waals surface area contributed by atoms with E-state index in [1.165, 1.54) is 11.1 Å². The van der Waals surface area contributed by atoms with Crippen molar-refractivity contribution in [3.63, 3.8) is 0 Å². The van der Waals surface area contributed by atoms with Gasteiger partial charge in [0.1, 0.15) is 0 Å². The van der Waals surface area contributed by atoms with Crippen molar-refractivity contribution < 1.29 is 0 Å². The lowest BCUT2D eigenvalue weighted by Gasteiger charge is -2.08. The number of thiophene rings is 1. The molecular weight excluding hydrogens is 214 g/mol. The van der Waals surface area contributed by atoms with Gasteiger partial charge in [-0.25, -0.2) is 0 Å². The molecule has 0 unspecified atom stereocenters. The standard InChI is InChI=1S/C14H19NS/c1-3-5-13(14(10-15)6-4-2)9-12-7-8-16-11-12/h7-8,11H,3-6,9H2,1-2H3/b14-13-. The van der Waals surface area contributed by atoms with Crippen LogP contribution in [0.4, 0.5) is 0 Å². The summed E-state index contributed by atoms with van der Waals surface area (Å²) in [6, 6.07) is 4.54. The molecule has 0 atom stereocenters. The molecule has 0 bridgehead atoms. The number of nitriles is 1. The summed E-state index contributed by atoms with van der Waals surface area (Å²) in [6.07, 6.45) is 5.11. The largest absolute Gasteiger partial charge is 0.193 e. The molecule has 1 heterocycles. The van der Waals surface area contributed by atoms with Crippen LogP contribution in [0.25, 0.3) is 0 Å². The smallest absolute Gasteiger partial charge is 0.0946 e. The Kier molecular flexibility index (Phi) is 5.88. The van der Waals surface area contributed by atoms with Gasteiger partial charge in [0.15, 0.2) is 0 Å². The Morgan fingerprint density at radius 1 is 1.31 bits per heavy atom. The van der Waals surface area contributed by atoms with Crippen LogP contribution in [0.2, 0.25) is 0 Å². The third-order valence-corrected chi connectivity index (χ3v) is 3.34. The lowest BCUT2D eigenvalue weighted by molar-refractivity contribution is 0.828. The van der Waals surface area contributed by atoms with E-state index in [-0.39, 0.29) is 0 Å². The molecule has 0 aliphatic carbocycles. The fourth-order valence-corrected chi connectivity index (χ4v) is 2.52. The van der Waals surface area contributed by atoms with Gasteiger partial charge in [-0.2, -0.15) is 16.6 Å². The molecule has 1 nitrogen and oxygen atoms in total. The lowest BCUT2D eigenvalue weighted by Crippen LogP contribution is -1.95. The quantitative estimate of drug-likeness (QED) is 0.653. The zero-order valence-corrected chi connectivity index (χ0v) is 10.9. The molecule has 0 aromatic carbocycles.